The topological polar surface area (TPSA) is 97.1 Å². The zero-order valence-corrected chi connectivity index (χ0v) is 17.9. The van der Waals surface area contributed by atoms with Crippen LogP contribution in [-0.4, -0.2) is 63.6 Å². The number of hydrogen-bond donors (Lipinski definition) is 0. The number of anilines is 1. The maximum absolute atomic E-state index is 13.0. The number of hydrogen-bond acceptors (Lipinski definition) is 7. The van der Waals surface area contributed by atoms with E-state index in [1.807, 2.05) is 4.90 Å². The molecule has 1 aromatic carbocycles. The fourth-order valence-electron chi connectivity index (χ4n) is 2.96. The van der Waals surface area contributed by atoms with Crippen molar-refractivity contribution >= 4 is 50.6 Å². The Labute approximate surface area is 181 Å². The summed E-state index contributed by atoms with van der Waals surface area (Å²) in [6.45, 7) is 1.43. The molecule has 29 heavy (non-hydrogen) atoms. The lowest BCUT2D eigenvalue weighted by Gasteiger charge is -2.34. The molecule has 0 bridgehead atoms. The highest BCUT2D eigenvalue weighted by molar-refractivity contribution is 7.89. The second-order valence-corrected chi connectivity index (χ2v) is 9.29. The molecule has 4 rings (SSSR count). The molecule has 0 atom stereocenters. The molecule has 0 saturated carbocycles. The van der Waals surface area contributed by atoms with E-state index in [0.29, 0.717) is 24.7 Å². The van der Waals surface area contributed by atoms with Gasteiger partial charge in [0.2, 0.25) is 10.0 Å². The Balaban J connectivity index is 1.51. The van der Waals surface area contributed by atoms with E-state index in [1.165, 1.54) is 40.1 Å². The molecule has 2 aromatic heterocycles. The molecule has 1 saturated heterocycles. The Hall–Kier alpha value is -1.98. The van der Waals surface area contributed by atoms with Crippen LogP contribution in [0.3, 0.4) is 0 Å². The quantitative estimate of drug-likeness (QED) is 0.536. The second-order valence-electron chi connectivity index (χ2n) is 6.16. The van der Waals surface area contributed by atoms with Gasteiger partial charge in [-0.1, -0.05) is 34.8 Å². The lowest BCUT2D eigenvalue weighted by atomic mass is 10.3. The number of halogens is 3. The van der Waals surface area contributed by atoms with Gasteiger partial charge >= 0.3 is 0 Å². The molecule has 3 heterocycles. The molecule has 152 valence electrons. The Bertz CT molecular complexity index is 1130. The predicted octanol–water partition coefficient (Wildman–Crippen LogP) is 2.53. The molecule has 0 radical (unpaired) electrons. The van der Waals surface area contributed by atoms with E-state index in [1.54, 1.807) is 6.07 Å². The molecule has 0 N–H and O–H groups in total. The highest BCUT2D eigenvalue weighted by Crippen LogP contribution is 2.33. The van der Waals surface area contributed by atoms with Gasteiger partial charge in [-0.3, -0.25) is 0 Å². The van der Waals surface area contributed by atoms with E-state index in [-0.39, 0.29) is 33.1 Å². The first-order valence-corrected chi connectivity index (χ1v) is 11.0. The number of rotatable bonds is 4. The van der Waals surface area contributed by atoms with Gasteiger partial charge in [0.05, 0.1) is 15.1 Å². The van der Waals surface area contributed by atoms with E-state index in [0.717, 1.165) is 0 Å². The Morgan fingerprint density at radius 1 is 0.828 bits per heavy atom. The van der Waals surface area contributed by atoms with E-state index >= 15 is 0 Å². The fourth-order valence-corrected chi connectivity index (χ4v) is 5.36. The maximum Gasteiger partial charge on any atom is 0.244 e. The van der Waals surface area contributed by atoms with Crippen LogP contribution in [0.15, 0.2) is 42.1 Å². The maximum atomic E-state index is 13.0. The van der Waals surface area contributed by atoms with Crippen LogP contribution in [0.4, 0.5) is 5.82 Å². The van der Waals surface area contributed by atoms with Crippen molar-refractivity contribution in [1.82, 2.24) is 29.0 Å². The average molecular weight is 475 g/mol. The molecular formula is C16H14Cl3N7O2S. The van der Waals surface area contributed by atoms with E-state index < -0.39 is 10.0 Å². The number of aromatic nitrogens is 5. The van der Waals surface area contributed by atoms with E-state index in [2.05, 4.69) is 20.1 Å². The second kappa shape index (κ2) is 8.04. The highest BCUT2D eigenvalue weighted by Gasteiger charge is 2.31. The first-order valence-electron chi connectivity index (χ1n) is 8.43. The zero-order valence-electron chi connectivity index (χ0n) is 14.8. The van der Waals surface area contributed by atoms with Crippen LogP contribution in [0, 0.1) is 0 Å². The van der Waals surface area contributed by atoms with Gasteiger partial charge in [0, 0.05) is 32.2 Å². The van der Waals surface area contributed by atoms with Crippen molar-refractivity contribution in [1.29, 1.82) is 0 Å². The van der Waals surface area contributed by atoms with Crippen LogP contribution in [0.5, 0.6) is 0 Å². The van der Waals surface area contributed by atoms with Crippen molar-refractivity contribution in [2.24, 2.45) is 0 Å². The molecule has 3 aromatic rings. The van der Waals surface area contributed by atoms with Crippen LogP contribution < -0.4 is 4.90 Å². The van der Waals surface area contributed by atoms with Gasteiger partial charge in [-0.2, -0.15) is 9.40 Å². The first kappa shape index (κ1) is 20.3. The van der Waals surface area contributed by atoms with Crippen molar-refractivity contribution in [3.05, 3.63) is 52.2 Å². The SMILES string of the molecule is O=S(=O)(c1cc(Cl)c(Cl)cc1Cl)N1CCN(c2cc(-n3cncn3)ncn2)CC1. The van der Waals surface area contributed by atoms with E-state index in [9.17, 15) is 8.42 Å². The Kier molecular flexibility index (Phi) is 5.63. The summed E-state index contributed by atoms with van der Waals surface area (Å²) in [4.78, 5) is 14.3. The zero-order chi connectivity index (χ0) is 20.6. The Morgan fingerprint density at radius 3 is 2.21 bits per heavy atom. The number of piperazine rings is 1. The molecular weight excluding hydrogens is 461 g/mol. The smallest absolute Gasteiger partial charge is 0.244 e. The van der Waals surface area contributed by atoms with Crippen LogP contribution in [0.2, 0.25) is 15.1 Å². The summed E-state index contributed by atoms with van der Waals surface area (Å²) in [5, 5.41) is 4.42. The van der Waals surface area contributed by atoms with Gasteiger partial charge < -0.3 is 4.90 Å². The largest absolute Gasteiger partial charge is 0.354 e. The van der Waals surface area contributed by atoms with Crippen molar-refractivity contribution in [3.63, 3.8) is 0 Å². The van der Waals surface area contributed by atoms with Gasteiger partial charge in [0.25, 0.3) is 0 Å². The summed E-state index contributed by atoms with van der Waals surface area (Å²) in [6.07, 6.45) is 4.39. The minimum Gasteiger partial charge on any atom is -0.354 e. The number of sulfonamides is 1. The minimum atomic E-state index is -3.80. The summed E-state index contributed by atoms with van der Waals surface area (Å²) in [5.41, 5.74) is 0. The van der Waals surface area contributed by atoms with E-state index in [4.69, 9.17) is 34.8 Å². The first-order chi connectivity index (χ1) is 13.9. The third-order valence-corrected chi connectivity index (χ3v) is 7.53. The van der Waals surface area contributed by atoms with Gasteiger partial charge in [-0.05, 0) is 12.1 Å². The van der Waals surface area contributed by atoms with Crippen LogP contribution in [0.25, 0.3) is 5.82 Å². The lowest BCUT2D eigenvalue weighted by molar-refractivity contribution is 0.383. The summed E-state index contributed by atoms with van der Waals surface area (Å²) in [6, 6.07) is 4.39. The molecule has 1 aliphatic rings. The fraction of sp³-hybridized carbons (Fsp3) is 0.250. The average Bonchev–Trinajstić information content (AvgIpc) is 3.26. The molecule has 9 nitrogen and oxygen atoms in total. The molecule has 1 aliphatic heterocycles. The summed E-state index contributed by atoms with van der Waals surface area (Å²) in [7, 11) is -3.80. The molecule has 0 aliphatic carbocycles. The monoisotopic (exact) mass is 473 g/mol. The highest BCUT2D eigenvalue weighted by atomic mass is 35.5. The molecule has 0 spiro atoms. The van der Waals surface area contributed by atoms with Gasteiger partial charge in [-0.25, -0.2) is 28.1 Å². The summed E-state index contributed by atoms with van der Waals surface area (Å²) in [5.74, 6) is 1.25. The van der Waals surface area contributed by atoms with Gasteiger partial charge in [-0.15, -0.1) is 0 Å². The van der Waals surface area contributed by atoms with Gasteiger partial charge in [0.1, 0.15) is 29.7 Å². The number of benzene rings is 1. The predicted molar refractivity (Wildman–Crippen MR) is 109 cm³/mol. The summed E-state index contributed by atoms with van der Waals surface area (Å²) >= 11 is 18.0. The molecule has 0 unspecified atom stereocenters. The van der Waals surface area contributed by atoms with Crippen molar-refractivity contribution in [2.45, 2.75) is 4.90 Å². The van der Waals surface area contributed by atoms with Gasteiger partial charge in [0.15, 0.2) is 5.82 Å². The van der Waals surface area contributed by atoms with Crippen molar-refractivity contribution in [2.75, 3.05) is 31.1 Å². The lowest BCUT2D eigenvalue weighted by Crippen LogP contribution is -2.49. The number of nitrogens with zero attached hydrogens (tertiary/aromatic N) is 7. The third-order valence-electron chi connectivity index (χ3n) is 4.45. The standard InChI is InChI=1S/C16H14Cl3N7O2S/c17-11-5-13(19)14(6-12(11)18)29(27,28)25-3-1-24(2-4-25)15-7-16(22-9-21-15)26-10-20-8-23-26/h5-10H,1-4H2. The molecule has 13 heteroatoms. The van der Waals surface area contributed by atoms with Crippen LogP contribution in [0.1, 0.15) is 0 Å². The minimum absolute atomic E-state index is 0.0371. The van der Waals surface area contributed by atoms with Crippen molar-refractivity contribution in [3.8, 4) is 5.82 Å². The third kappa shape index (κ3) is 4.03. The summed E-state index contributed by atoms with van der Waals surface area (Å²) < 4.78 is 28.9. The molecule has 1 fully saturated rings. The van der Waals surface area contributed by atoms with Crippen LogP contribution in [-0.2, 0) is 10.0 Å². The van der Waals surface area contributed by atoms with Crippen molar-refractivity contribution < 1.29 is 8.42 Å². The Morgan fingerprint density at radius 2 is 1.52 bits per heavy atom. The van der Waals surface area contributed by atoms with Crippen LogP contribution >= 0.6 is 34.8 Å². The molecule has 0 amide bonds. The normalized spacial score (nSPS) is 15.6.